The maximum Gasteiger partial charge on any atom is 0.472 e. The minimum Gasteiger partial charge on any atom is -0.463 e. The summed E-state index contributed by atoms with van der Waals surface area (Å²) in [5, 5.41) is 12.6. The summed E-state index contributed by atoms with van der Waals surface area (Å²) in [6.45, 7) is 3.34. The zero-order valence-electron chi connectivity index (χ0n) is 34.6. The molecule has 2 atom stereocenters. The van der Waals surface area contributed by atoms with Crippen molar-refractivity contribution in [3.63, 3.8) is 0 Å². The maximum atomic E-state index is 12.1. The monoisotopic (exact) mass is 792 g/mol. The second-order valence-corrected chi connectivity index (χ2v) is 15.4. The third kappa shape index (κ3) is 42.4. The quantitative estimate of drug-likeness (QED) is 0.0243. The van der Waals surface area contributed by atoms with Crippen LogP contribution in [0.1, 0.15) is 168 Å². The summed E-state index contributed by atoms with van der Waals surface area (Å²) >= 11 is 0. The van der Waals surface area contributed by atoms with Crippen molar-refractivity contribution in [2.45, 2.75) is 174 Å². The summed E-state index contributed by atoms with van der Waals surface area (Å²) in [6, 6.07) is 0. The van der Waals surface area contributed by atoms with Crippen LogP contribution >= 0.6 is 7.82 Å². The lowest BCUT2D eigenvalue weighted by molar-refractivity contribution is -0.147. The van der Waals surface area contributed by atoms with Crippen molar-refractivity contribution < 1.29 is 37.9 Å². The zero-order valence-corrected chi connectivity index (χ0v) is 35.5. The lowest BCUT2D eigenvalue weighted by atomic mass is 10.0. The van der Waals surface area contributed by atoms with Crippen LogP contribution in [0.4, 0.5) is 0 Å². The molecule has 0 fully saturated rings. The van der Waals surface area contributed by atoms with Crippen molar-refractivity contribution in [1.29, 1.82) is 0 Å². The number of unbranched alkanes of at least 4 members (excludes halogenated alkanes) is 14. The molecule has 0 aromatic carbocycles. The van der Waals surface area contributed by atoms with Gasteiger partial charge in [0, 0.05) is 19.4 Å². The number of amides is 1. The van der Waals surface area contributed by atoms with Crippen LogP contribution in [0.5, 0.6) is 0 Å². The molecule has 0 aromatic rings. The van der Waals surface area contributed by atoms with E-state index in [0.717, 1.165) is 57.8 Å². The molecule has 0 aliphatic heterocycles. The van der Waals surface area contributed by atoms with Gasteiger partial charge in [-0.05, 0) is 51.4 Å². The Morgan fingerprint density at radius 2 is 1.02 bits per heavy atom. The number of rotatable bonds is 39. The number of nitrogens with one attached hydrogen (secondary N) is 1. The summed E-state index contributed by atoms with van der Waals surface area (Å²) in [4.78, 5) is 33.8. The number of hydrogen-bond donors (Lipinski definition) is 3. The Labute approximate surface area is 335 Å². The van der Waals surface area contributed by atoms with Crippen molar-refractivity contribution in [2.75, 3.05) is 26.4 Å². The van der Waals surface area contributed by atoms with Crippen LogP contribution in [0.3, 0.4) is 0 Å². The number of hydrogen-bond acceptors (Lipinski definition) is 7. The number of aliphatic hydroxyl groups is 1. The highest BCUT2D eigenvalue weighted by molar-refractivity contribution is 7.47. The number of carbonyl (C=O) groups excluding carboxylic acids is 2. The predicted octanol–water partition coefficient (Wildman–Crippen LogP) is 11.9. The van der Waals surface area contributed by atoms with Crippen molar-refractivity contribution in [3.05, 3.63) is 72.9 Å². The van der Waals surface area contributed by atoms with Gasteiger partial charge >= 0.3 is 13.8 Å². The second kappa shape index (κ2) is 41.1. The van der Waals surface area contributed by atoms with E-state index in [2.05, 4.69) is 79.9 Å². The third-order valence-electron chi connectivity index (χ3n) is 8.66. The molecule has 0 saturated heterocycles. The van der Waals surface area contributed by atoms with E-state index in [1.165, 1.54) is 77.0 Å². The van der Waals surface area contributed by atoms with Crippen LogP contribution in [0.2, 0.25) is 0 Å². The summed E-state index contributed by atoms with van der Waals surface area (Å²) in [7, 11) is -4.44. The zero-order chi connectivity index (χ0) is 40.3. The first-order valence-electron chi connectivity index (χ1n) is 21.4. The SMILES string of the molecule is CC/C=C\C/C=C\C/C=C\C/C=C\C/C=C\C/C=C\CCC(=O)NCCOP(=O)(O)OCC(O)COC(=O)CCCCCCCCCCCCCCCCC. The highest BCUT2D eigenvalue weighted by Gasteiger charge is 2.23. The van der Waals surface area contributed by atoms with Gasteiger partial charge in [0.05, 0.1) is 13.2 Å². The molecule has 0 rings (SSSR count). The molecule has 0 aliphatic rings. The smallest absolute Gasteiger partial charge is 0.463 e. The molecule has 0 aromatic heterocycles. The summed E-state index contributed by atoms with van der Waals surface area (Å²) < 4.78 is 26.8. The fraction of sp³-hybridized carbons (Fsp3) is 0.689. The molecule has 2 unspecified atom stereocenters. The van der Waals surface area contributed by atoms with Crippen LogP contribution in [0.15, 0.2) is 72.9 Å². The van der Waals surface area contributed by atoms with E-state index in [4.69, 9.17) is 13.8 Å². The molecule has 10 heteroatoms. The number of aliphatic hydroxyl groups excluding tert-OH is 1. The van der Waals surface area contributed by atoms with E-state index in [1.54, 1.807) is 0 Å². The molecular formula is C45H78NO8P. The minimum absolute atomic E-state index is 0.0377. The molecule has 1 amide bonds. The van der Waals surface area contributed by atoms with Crippen LogP contribution in [-0.2, 0) is 27.9 Å². The van der Waals surface area contributed by atoms with Crippen LogP contribution < -0.4 is 5.32 Å². The fourth-order valence-electron chi connectivity index (χ4n) is 5.46. The van der Waals surface area contributed by atoms with Gasteiger partial charge in [-0.15, -0.1) is 0 Å². The second-order valence-electron chi connectivity index (χ2n) is 13.9. The lowest BCUT2D eigenvalue weighted by Gasteiger charge is -2.15. The topological polar surface area (TPSA) is 131 Å². The van der Waals surface area contributed by atoms with Gasteiger partial charge < -0.3 is 20.1 Å². The first-order chi connectivity index (χ1) is 26.8. The van der Waals surface area contributed by atoms with E-state index >= 15 is 0 Å². The maximum absolute atomic E-state index is 12.1. The Kier molecular flexibility index (Phi) is 39.2. The molecule has 55 heavy (non-hydrogen) atoms. The van der Waals surface area contributed by atoms with Gasteiger partial charge in [0.15, 0.2) is 0 Å². The van der Waals surface area contributed by atoms with Crippen molar-refractivity contribution in [1.82, 2.24) is 5.32 Å². The van der Waals surface area contributed by atoms with E-state index in [1.807, 2.05) is 12.2 Å². The van der Waals surface area contributed by atoms with Crippen molar-refractivity contribution in [2.24, 2.45) is 0 Å². The number of ether oxygens (including phenoxy) is 1. The highest BCUT2D eigenvalue weighted by Crippen LogP contribution is 2.42. The molecule has 3 N–H and O–H groups in total. The Morgan fingerprint density at radius 3 is 1.49 bits per heavy atom. The molecule has 0 radical (unpaired) electrons. The van der Waals surface area contributed by atoms with Gasteiger partial charge in [-0.25, -0.2) is 4.57 Å². The van der Waals surface area contributed by atoms with Gasteiger partial charge in [0.1, 0.15) is 12.7 Å². The molecule has 0 aliphatic carbocycles. The molecule has 9 nitrogen and oxygen atoms in total. The van der Waals surface area contributed by atoms with E-state index in [9.17, 15) is 24.2 Å². The fourth-order valence-corrected chi connectivity index (χ4v) is 6.22. The van der Waals surface area contributed by atoms with Crippen LogP contribution in [0.25, 0.3) is 0 Å². The first-order valence-corrected chi connectivity index (χ1v) is 22.9. The average molecular weight is 792 g/mol. The van der Waals surface area contributed by atoms with Crippen LogP contribution in [0, 0.1) is 0 Å². The Balaban J connectivity index is 3.72. The number of phosphoric ester groups is 1. The van der Waals surface area contributed by atoms with Crippen molar-refractivity contribution in [3.8, 4) is 0 Å². The van der Waals surface area contributed by atoms with Gasteiger partial charge in [-0.3, -0.25) is 18.6 Å². The number of allylic oxidation sites excluding steroid dienone is 12. The average Bonchev–Trinajstić information content (AvgIpc) is 3.17. The Morgan fingerprint density at radius 1 is 0.582 bits per heavy atom. The Hall–Kier alpha value is -2.55. The van der Waals surface area contributed by atoms with Gasteiger partial charge in [0.2, 0.25) is 5.91 Å². The number of esters is 1. The standard InChI is InChI=1S/C45H78NO8P/c1-3-5-7-9-11-13-15-17-19-20-21-22-24-25-27-29-31-33-35-37-44(48)46-39-40-53-55(50,51)54-42-43(47)41-52-45(49)38-36-34-32-30-28-26-23-18-16-14-12-10-8-6-4-2/h5,7,11,13,17,19,21-22,25,27,31,33,43,47H,3-4,6,8-10,12,14-16,18,20,23-24,26,28-30,32,34-42H2,1-2H3,(H,46,48)(H,50,51)/b7-5-,13-11-,19-17-,22-21-,27-25-,33-31-. The first kappa shape index (κ1) is 52.5. The summed E-state index contributed by atoms with van der Waals surface area (Å²) in [5.41, 5.74) is 0. The molecule has 0 bridgehead atoms. The molecule has 0 spiro atoms. The van der Waals surface area contributed by atoms with E-state index in [0.29, 0.717) is 12.8 Å². The van der Waals surface area contributed by atoms with Crippen molar-refractivity contribution >= 4 is 19.7 Å². The molecule has 316 valence electrons. The normalized spacial score (nSPS) is 14.0. The Bertz CT molecular complexity index is 1130. The van der Waals surface area contributed by atoms with Gasteiger partial charge in [-0.1, -0.05) is 177 Å². The number of phosphoric acid groups is 1. The molecule has 0 saturated carbocycles. The predicted molar refractivity (Wildman–Crippen MR) is 229 cm³/mol. The largest absolute Gasteiger partial charge is 0.472 e. The highest BCUT2D eigenvalue weighted by atomic mass is 31.2. The van der Waals surface area contributed by atoms with Gasteiger partial charge in [0.25, 0.3) is 0 Å². The van der Waals surface area contributed by atoms with Crippen LogP contribution in [-0.4, -0.2) is 54.3 Å². The molecular weight excluding hydrogens is 713 g/mol. The van der Waals surface area contributed by atoms with E-state index in [-0.39, 0.29) is 32.1 Å². The molecule has 0 heterocycles. The minimum atomic E-state index is -4.44. The number of carbonyl (C=O) groups is 2. The summed E-state index contributed by atoms with van der Waals surface area (Å²) in [5.74, 6) is -0.605. The third-order valence-corrected chi connectivity index (χ3v) is 9.65. The summed E-state index contributed by atoms with van der Waals surface area (Å²) in [6.07, 6.45) is 49.9. The lowest BCUT2D eigenvalue weighted by Crippen LogP contribution is -2.27. The van der Waals surface area contributed by atoms with E-state index < -0.39 is 26.5 Å². The van der Waals surface area contributed by atoms with Gasteiger partial charge in [-0.2, -0.15) is 0 Å².